The van der Waals surface area contributed by atoms with E-state index >= 15 is 0 Å². The van der Waals surface area contributed by atoms with Crippen molar-refractivity contribution >= 4 is 11.9 Å². The van der Waals surface area contributed by atoms with Gasteiger partial charge in [-0.3, -0.25) is 5.43 Å². The zero-order valence-corrected chi connectivity index (χ0v) is 13.0. The molecule has 0 aliphatic carbocycles. The van der Waals surface area contributed by atoms with Crippen LogP contribution in [0, 0.1) is 5.82 Å². The van der Waals surface area contributed by atoms with Crippen LogP contribution in [0.2, 0.25) is 0 Å². The molecule has 0 aliphatic heterocycles. The molecule has 0 unspecified atom stereocenters. The number of benzene rings is 3. The van der Waals surface area contributed by atoms with E-state index in [1.165, 1.54) is 12.1 Å². The number of rotatable bonds is 6. The molecule has 3 aromatic carbocycles. The van der Waals surface area contributed by atoms with Gasteiger partial charge in [0, 0.05) is 0 Å². The molecule has 120 valence electrons. The highest BCUT2D eigenvalue weighted by Gasteiger charge is 1.97. The van der Waals surface area contributed by atoms with Gasteiger partial charge in [0.15, 0.2) is 0 Å². The van der Waals surface area contributed by atoms with Crippen LogP contribution in [0.3, 0.4) is 0 Å². The Bertz CT molecular complexity index is 784. The lowest BCUT2D eigenvalue weighted by atomic mass is 10.2. The molecule has 3 nitrogen and oxygen atoms in total. The van der Waals surface area contributed by atoms with E-state index in [1.807, 2.05) is 54.6 Å². The average Bonchev–Trinajstić information content (AvgIpc) is 2.63. The largest absolute Gasteiger partial charge is 0.489 e. The molecule has 4 heteroatoms. The lowest BCUT2D eigenvalue weighted by Gasteiger charge is -2.06. The second kappa shape index (κ2) is 7.92. The Balaban J connectivity index is 1.52. The molecule has 3 rings (SSSR count). The highest BCUT2D eigenvalue weighted by Crippen LogP contribution is 2.14. The van der Waals surface area contributed by atoms with Gasteiger partial charge in [0.1, 0.15) is 18.2 Å². The van der Waals surface area contributed by atoms with Gasteiger partial charge in [-0.25, -0.2) is 4.39 Å². The molecule has 0 saturated heterocycles. The first-order valence-electron chi connectivity index (χ1n) is 7.61. The fraction of sp³-hybridized carbons (Fsp3) is 0.0500. The zero-order chi connectivity index (χ0) is 16.6. The predicted molar refractivity (Wildman–Crippen MR) is 94.8 cm³/mol. The Morgan fingerprint density at radius 1 is 0.875 bits per heavy atom. The van der Waals surface area contributed by atoms with Crippen LogP contribution in [0.1, 0.15) is 11.1 Å². The standard InChI is InChI=1S/C20H17FN2O/c21-18-10-6-17(7-11-18)15-24-20-12-8-16(9-13-20)14-22-23-19-4-2-1-3-5-19/h1-14,23H,15H2/b22-14-. The minimum atomic E-state index is -0.244. The van der Waals surface area contributed by atoms with Crippen molar-refractivity contribution in [3.63, 3.8) is 0 Å². The highest BCUT2D eigenvalue weighted by atomic mass is 19.1. The zero-order valence-electron chi connectivity index (χ0n) is 13.0. The first kappa shape index (κ1) is 15.7. The highest BCUT2D eigenvalue weighted by molar-refractivity contribution is 5.80. The number of nitrogens with zero attached hydrogens (tertiary/aromatic N) is 1. The Labute approximate surface area is 140 Å². The van der Waals surface area contributed by atoms with Gasteiger partial charge in [-0.15, -0.1) is 0 Å². The van der Waals surface area contributed by atoms with E-state index in [0.717, 1.165) is 22.6 Å². The van der Waals surface area contributed by atoms with Crippen molar-refractivity contribution in [2.75, 3.05) is 5.43 Å². The predicted octanol–water partition coefficient (Wildman–Crippen LogP) is 4.85. The number of hydrogen-bond acceptors (Lipinski definition) is 3. The Hall–Kier alpha value is -3.14. The summed E-state index contributed by atoms with van der Waals surface area (Å²) in [6.07, 6.45) is 1.75. The van der Waals surface area contributed by atoms with E-state index in [1.54, 1.807) is 18.3 Å². The first-order valence-corrected chi connectivity index (χ1v) is 7.61. The van der Waals surface area contributed by atoms with Crippen molar-refractivity contribution in [1.82, 2.24) is 0 Å². The van der Waals surface area contributed by atoms with E-state index in [-0.39, 0.29) is 5.82 Å². The van der Waals surface area contributed by atoms with Crippen molar-refractivity contribution in [3.8, 4) is 5.75 Å². The van der Waals surface area contributed by atoms with Gasteiger partial charge in [-0.2, -0.15) is 5.10 Å². The van der Waals surface area contributed by atoms with Crippen molar-refractivity contribution in [3.05, 3.63) is 95.8 Å². The van der Waals surface area contributed by atoms with E-state index < -0.39 is 0 Å². The van der Waals surface area contributed by atoms with Crippen LogP contribution in [0.5, 0.6) is 5.75 Å². The van der Waals surface area contributed by atoms with Gasteiger partial charge < -0.3 is 4.74 Å². The summed E-state index contributed by atoms with van der Waals surface area (Å²) in [6, 6.07) is 23.7. The molecule has 24 heavy (non-hydrogen) atoms. The number of nitrogens with one attached hydrogen (secondary N) is 1. The molecule has 0 radical (unpaired) electrons. The molecule has 0 aliphatic rings. The number of hydrogen-bond donors (Lipinski definition) is 1. The fourth-order valence-corrected chi connectivity index (χ4v) is 2.09. The molecule has 0 aromatic heterocycles. The van der Waals surface area contributed by atoms with E-state index in [4.69, 9.17) is 4.74 Å². The molecule has 3 aromatic rings. The molecule has 0 bridgehead atoms. The molecule has 1 N–H and O–H groups in total. The lowest BCUT2D eigenvalue weighted by Crippen LogP contribution is -1.96. The maximum atomic E-state index is 12.8. The quantitative estimate of drug-likeness (QED) is 0.520. The summed E-state index contributed by atoms with van der Waals surface area (Å²) in [5.74, 6) is 0.513. The summed E-state index contributed by atoms with van der Waals surface area (Å²) in [5, 5.41) is 4.19. The number of halogens is 1. The van der Waals surface area contributed by atoms with Gasteiger partial charge in [0.2, 0.25) is 0 Å². The Morgan fingerprint density at radius 2 is 1.58 bits per heavy atom. The maximum absolute atomic E-state index is 12.8. The van der Waals surface area contributed by atoms with Crippen molar-refractivity contribution < 1.29 is 9.13 Å². The summed E-state index contributed by atoms with van der Waals surface area (Å²) in [4.78, 5) is 0. The second-order valence-corrected chi connectivity index (χ2v) is 5.22. The monoisotopic (exact) mass is 320 g/mol. The van der Waals surface area contributed by atoms with Gasteiger partial charge in [0.25, 0.3) is 0 Å². The van der Waals surface area contributed by atoms with E-state index in [2.05, 4.69) is 10.5 Å². The first-order chi connectivity index (χ1) is 11.8. The SMILES string of the molecule is Fc1ccc(COc2ccc(/C=N\Nc3ccccc3)cc2)cc1. The minimum absolute atomic E-state index is 0.244. The number of para-hydroxylation sites is 1. The Morgan fingerprint density at radius 3 is 2.29 bits per heavy atom. The second-order valence-electron chi connectivity index (χ2n) is 5.22. The van der Waals surface area contributed by atoms with Crippen LogP contribution in [0.4, 0.5) is 10.1 Å². The maximum Gasteiger partial charge on any atom is 0.123 e. The molecule has 0 saturated carbocycles. The molecular formula is C20H17FN2O. The van der Waals surface area contributed by atoms with Crippen LogP contribution in [0.25, 0.3) is 0 Å². The summed E-state index contributed by atoms with van der Waals surface area (Å²) in [7, 11) is 0. The fourth-order valence-electron chi connectivity index (χ4n) is 2.09. The van der Waals surface area contributed by atoms with Crippen molar-refractivity contribution in [2.24, 2.45) is 5.10 Å². The summed E-state index contributed by atoms with van der Waals surface area (Å²) in [5.41, 5.74) is 5.79. The van der Waals surface area contributed by atoms with Crippen molar-refractivity contribution in [2.45, 2.75) is 6.61 Å². The molecular weight excluding hydrogens is 303 g/mol. The van der Waals surface area contributed by atoms with Gasteiger partial charge in [-0.05, 0) is 59.7 Å². The molecule has 0 heterocycles. The minimum Gasteiger partial charge on any atom is -0.489 e. The van der Waals surface area contributed by atoms with Crippen LogP contribution >= 0.6 is 0 Å². The summed E-state index contributed by atoms with van der Waals surface area (Å²) in [6.45, 7) is 0.406. The summed E-state index contributed by atoms with van der Waals surface area (Å²) >= 11 is 0. The smallest absolute Gasteiger partial charge is 0.123 e. The van der Waals surface area contributed by atoms with Gasteiger partial charge in [0.05, 0.1) is 11.9 Å². The normalized spacial score (nSPS) is 10.7. The van der Waals surface area contributed by atoms with Crippen LogP contribution < -0.4 is 10.2 Å². The number of hydrazone groups is 1. The lowest BCUT2D eigenvalue weighted by molar-refractivity contribution is 0.306. The third-order valence-electron chi connectivity index (χ3n) is 3.38. The van der Waals surface area contributed by atoms with E-state index in [9.17, 15) is 4.39 Å². The van der Waals surface area contributed by atoms with Crippen molar-refractivity contribution in [1.29, 1.82) is 0 Å². The number of ether oxygens (including phenoxy) is 1. The Kier molecular flexibility index (Phi) is 5.20. The molecule has 0 atom stereocenters. The summed E-state index contributed by atoms with van der Waals surface area (Å²) < 4.78 is 18.5. The van der Waals surface area contributed by atoms with Gasteiger partial charge >= 0.3 is 0 Å². The molecule has 0 amide bonds. The van der Waals surface area contributed by atoms with Crippen LogP contribution in [0.15, 0.2) is 84.0 Å². The third kappa shape index (κ3) is 4.68. The third-order valence-corrected chi connectivity index (χ3v) is 3.38. The molecule has 0 fully saturated rings. The molecule has 0 spiro atoms. The topological polar surface area (TPSA) is 33.6 Å². The average molecular weight is 320 g/mol. The van der Waals surface area contributed by atoms with Crippen LogP contribution in [-0.4, -0.2) is 6.21 Å². The van der Waals surface area contributed by atoms with Gasteiger partial charge in [-0.1, -0.05) is 30.3 Å². The van der Waals surface area contributed by atoms with Crippen LogP contribution in [-0.2, 0) is 6.61 Å². The van der Waals surface area contributed by atoms with E-state index in [0.29, 0.717) is 6.61 Å². The number of anilines is 1.